The molecule has 1 fully saturated rings. The maximum absolute atomic E-state index is 9.71. The summed E-state index contributed by atoms with van der Waals surface area (Å²) in [5.41, 5.74) is 0.877. The van der Waals surface area contributed by atoms with E-state index in [1.807, 2.05) is 6.07 Å². The van der Waals surface area contributed by atoms with Gasteiger partial charge in [0.2, 0.25) is 0 Å². The zero-order valence-electron chi connectivity index (χ0n) is 10.2. The van der Waals surface area contributed by atoms with Crippen LogP contribution in [0, 0.1) is 5.92 Å². The number of hydrogen-bond donors (Lipinski definition) is 2. The lowest BCUT2D eigenvalue weighted by Crippen LogP contribution is -2.31. The van der Waals surface area contributed by atoms with Gasteiger partial charge < -0.3 is 10.4 Å². The van der Waals surface area contributed by atoms with Crippen molar-refractivity contribution < 1.29 is 5.11 Å². The Morgan fingerprint density at radius 3 is 2.82 bits per heavy atom. The molecule has 1 aromatic carbocycles. The largest absolute Gasteiger partial charge is 0.508 e. The van der Waals surface area contributed by atoms with E-state index in [-0.39, 0.29) is 0 Å². The molecule has 0 bridgehead atoms. The Hall–Kier alpha value is -0.730. The van der Waals surface area contributed by atoms with Gasteiger partial charge in [-0.1, -0.05) is 24.4 Å². The summed E-state index contributed by atoms with van der Waals surface area (Å²) >= 11 is 5.92. The van der Waals surface area contributed by atoms with Crippen LogP contribution in [0.15, 0.2) is 18.2 Å². The molecule has 0 aromatic heterocycles. The topological polar surface area (TPSA) is 32.3 Å². The van der Waals surface area contributed by atoms with Gasteiger partial charge in [-0.2, -0.15) is 0 Å². The first-order chi connectivity index (χ1) is 8.16. The molecule has 1 aliphatic carbocycles. The van der Waals surface area contributed by atoms with Gasteiger partial charge in [0, 0.05) is 23.2 Å². The molecule has 0 aliphatic heterocycles. The Bertz CT molecular complexity index is 374. The van der Waals surface area contributed by atoms with Gasteiger partial charge in [-0.15, -0.1) is 0 Å². The molecule has 0 saturated heterocycles. The number of phenols is 1. The summed E-state index contributed by atoms with van der Waals surface area (Å²) in [7, 11) is 0. The highest BCUT2D eigenvalue weighted by Gasteiger charge is 2.21. The van der Waals surface area contributed by atoms with E-state index in [4.69, 9.17) is 11.6 Å². The summed E-state index contributed by atoms with van der Waals surface area (Å²) in [4.78, 5) is 0. The van der Waals surface area contributed by atoms with E-state index in [2.05, 4.69) is 12.2 Å². The van der Waals surface area contributed by atoms with Crippen molar-refractivity contribution in [2.45, 2.75) is 45.2 Å². The summed E-state index contributed by atoms with van der Waals surface area (Å²) in [6, 6.07) is 5.70. The van der Waals surface area contributed by atoms with E-state index in [1.165, 1.54) is 25.7 Å². The van der Waals surface area contributed by atoms with Crippen molar-refractivity contribution in [2.75, 3.05) is 0 Å². The molecular formula is C14H20ClNO. The molecule has 1 atom stereocenters. The minimum atomic E-state index is 0.320. The highest BCUT2D eigenvalue weighted by atomic mass is 35.5. The first kappa shape index (κ1) is 12.7. The van der Waals surface area contributed by atoms with Crippen molar-refractivity contribution in [3.63, 3.8) is 0 Å². The normalized spacial score (nSPS) is 18.5. The van der Waals surface area contributed by atoms with Gasteiger partial charge in [0.1, 0.15) is 5.75 Å². The minimum Gasteiger partial charge on any atom is -0.508 e. The van der Waals surface area contributed by atoms with Crippen LogP contribution in [0.1, 0.15) is 38.2 Å². The van der Waals surface area contributed by atoms with E-state index in [1.54, 1.807) is 12.1 Å². The van der Waals surface area contributed by atoms with Gasteiger partial charge >= 0.3 is 0 Å². The summed E-state index contributed by atoms with van der Waals surface area (Å²) in [6.45, 7) is 2.92. The zero-order chi connectivity index (χ0) is 12.3. The second kappa shape index (κ2) is 5.74. The molecule has 0 heterocycles. The van der Waals surface area contributed by atoms with Crippen molar-refractivity contribution in [3.05, 3.63) is 28.8 Å². The van der Waals surface area contributed by atoms with Crippen LogP contribution in [-0.4, -0.2) is 11.1 Å². The molecule has 0 amide bonds. The van der Waals surface area contributed by atoms with Crippen molar-refractivity contribution in [3.8, 4) is 5.75 Å². The highest BCUT2D eigenvalue weighted by molar-refractivity contribution is 6.30. The molecule has 0 unspecified atom stereocenters. The number of nitrogens with one attached hydrogen (secondary N) is 1. The smallest absolute Gasteiger partial charge is 0.120 e. The van der Waals surface area contributed by atoms with Crippen LogP contribution in [0.3, 0.4) is 0 Å². The SMILES string of the molecule is C[C@H](NCc1cc(Cl)ccc1O)C1CCCC1. The van der Waals surface area contributed by atoms with E-state index in [0.29, 0.717) is 23.4 Å². The van der Waals surface area contributed by atoms with Gasteiger partial charge in [-0.05, 0) is 43.9 Å². The average Bonchev–Trinajstić information content (AvgIpc) is 2.83. The number of benzene rings is 1. The Kier molecular flexibility index (Phi) is 4.30. The first-order valence-corrected chi connectivity index (χ1v) is 6.75. The molecule has 1 aromatic rings. The van der Waals surface area contributed by atoms with Crippen LogP contribution >= 0.6 is 11.6 Å². The van der Waals surface area contributed by atoms with E-state index < -0.39 is 0 Å². The lowest BCUT2D eigenvalue weighted by atomic mass is 9.99. The molecule has 2 rings (SSSR count). The molecule has 1 saturated carbocycles. The Morgan fingerprint density at radius 1 is 1.41 bits per heavy atom. The van der Waals surface area contributed by atoms with Gasteiger partial charge in [0.15, 0.2) is 0 Å². The number of aromatic hydroxyl groups is 1. The molecule has 17 heavy (non-hydrogen) atoms. The summed E-state index contributed by atoms with van der Waals surface area (Å²) in [5.74, 6) is 1.11. The predicted molar refractivity (Wildman–Crippen MR) is 71.4 cm³/mol. The average molecular weight is 254 g/mol. The monoisotopic (exact) mass is 253 g/mol. The molecule has 2 N–H and O–H groups in total. The van der Waals surface area contributed by atoms with Crippen LogP contribution in [0.2, 0.25) is 5.02 Å². The lowest BCUT2D eigenvalue weighted by Gasteiger charge is -2.20. The molecule has 0 spiro atoms. The van der Waals surface area contributed by atoms with Crippen LogP contribution in [0.25, 0.3) is 0 Å². The van der Waals surface area contributed by atoms with Gasteiger partial charge in [-0.3, -0.25) is 0 Å². The molecule has 1 aliphatic rings. The number of phenolic OH excluding ortho intramolecular Hbond substituents is 1. The fraction of sp³-hybridized carbons (Fsp3) is 0.571. The van der Waals surface area contributed by atoms with Crippen LogP contribution in [0.5, 0.6) is 5.75 Å². The van der Waals surface area contributed by atoms with Gasteiger partial charge in [0.05, 0.1) is 0 Å². The van der Waals surface area contributed by atoms with Crippen LogP contribution < -0.4 is 5.32 Å². The first-order valence-electron chi connectivity index (χ1n) is 6.37. The standard InChI is InChI=1S/C14H20ClNO/c1-10(11-4-2-3-5-11)16-9-12-8-13(15)6-7-14(12)17/h6-8,10-11,16-17H,2-5,9H2,1H3/t10-/m0/s1. The fourth-order valence-electron chi connectivity index (χ4n) is 2.59. The van der Waals surface area contributed by atoms with Gasteiger partial charge in [0.25, 0.3) is 0 Å². The molecule has 94 valence electrons. The van der Waals surface area contributed by atoms with Crippen LogP contribution in [-0.2, 0) is 6.54 Å². The number of hydrogen-bond acceptors (Lipinski definition) is 2. The maximum Gasteiger partial charge on any atom is 0.120 e. The van der Waals surface area contributed by atoms with Gasteiger partial charge in [-0.25, -0.2) is 0 Å². The van der Waals surface area contributed by atoms with Crippen molar-refractivity contribution in [1.29, 1.82) is 0 Å². The third kappa shape index (κ3) is 3.36. The zero-order valence-corrected chi connectivity index (χ0v) is 11.0. The molecule has 0 radical (unpaired) electrons. The minimum absolute atomic E-state index is 0.320. The van der Waals surface area contributed by atoms with E-state index >= 15 is 0 Å². The predicted octanol–water partition coefficient (Wildman–Crippen LogP) is 3.71. The summed E-state index contributed by atoms with van der Waals surface area (Å²) in [6.07, 6.45) is 5.38. The Labute approximate surface area is 108 Å². The van der Waals surface area contributed by atoms with E-state index in [9.17, 15) is 5.11 Å². The van der Waals surface area contributed by atoms with E-state index in [0.717, 1.165) is 11.5 Å². The third-order valence-electron chi connectivity index (χ3n) is 3.76. The van der Waals surface area contributed by atoms with Crippen molar-refractivity contribution in [2.24, 2.45) is 5.92 Å². The summed E-state index contributed by atoms with van der Waals surface area (Å²) < 4.78 is 0. The maximum atomic E-state index is 9.71. The Balaban J connectivity index is 1.90. The Morgan fingerprint density at radius 2 is 2.12 bits per heavy atom. The second-order valence-corrected chi connectivity index (χ2v) is 5.42. The fourth-order valence-corrected chi connectivity index (χ4v) is 2.79. The number of rotatable bonds is 4. The molecular weight excluding hydrogens is 234 g/mol. The lowest BCUT2D eigenvalue weighted by molar-refractivity contribution is 0.376. The van der Waals surface area contributed by atoms with Crippen LogP contribution in [0.4, 0.5) is 0 Å². The molecule has 3 heteroatoms. The third-order valence-corrected chi connectivity index (χ3v) is 4.00. The quantitative estimate of drug-likeness (QED) is 0.857. The van der Waals surface area contributed by atoms with Crippen molar-refractivity contribution in [1.82, 2.24) is 5.32 Å². The highest BCUT2D eigenvalue weighted by Crippen LogP contribution is 2.28. The summed E-state index contributed by atoms with van der Waals surface area (Å²) in [5, 5.41) is 13.9. The number of halogens is 1. The second-order valence-electron chi connectivity index (χ2n) is 4.99. The molecule has 2 nitrogen and oxygen atoms in total. The van der Waals surface area contributed by atoms with Crippen molar-refractivity contribution >= 4 is 11.6 Å².